The van der Waals surface area contributed by atoms with Gasteiger partial charge in [0.15, 0.2) is 5.65 Å². The number of nitrogens with zero attached hydrogens (tertiary/aromatic N) is 4. The molecule has 1 N–H and O–H groups in total. The molecule has 0 saturated heterocycles. The average Bonchev–Trinajstić information content (AvgIpc) is 2.63. The minimum absolute atomic E-state index is 0.159. The van der Waals surface area contributed by atoms with Crippen molar-refractivity contribution in [3.63, 3.8) is 0 Å². The molecule has 20 heavy (non-hydrogen) atoms. The number of hydrogen-bond donors (Lipinski definition) is 1. The van der Waals surface area contributed by atoms with E-state index in [1.807, 2.05) is 0 Å². The molecule has 10 heteroatoms. The summed E-state index contributed by atoms with van der Waals surface area (Å²) in [5.74, 6) is -1.25. The first-order chi connectivity index (χ1) is 9.23. The highest BCUT2D eigenvalue weighted by Crippen LogP contribution is 2.21. The topological polar surface area (TPSA) is 105 Å². The molecule has 0 radical (unpaired) electrons. The maximum atomic E-state index is 12.2. The van der Waals surface area contributed by atoms with Gasteiger partial charge in [0.05, 0.1) is 18.1 Å². The summed E-state index contributed by atoms with van der Waals surface area (Å²) < 4.78 is 26.3. The third-order valence-corrected chi connectivity index (χ3v) is 4.82. The Bertz CT molecular complexity index is 786. The first-order valence-electron chi connectivity index (χ1n) is 5.42. The van der Waals surface area contributed by atoms with Gasteiger partial charge in [0.2, 0.25) is 10.0 Å². The Kier molecular flexibility index (Phi) is 3.67. The molecule has 2 heterocycles. The van der Waals surface area contributed by atoms with Gasteiger partial charge in [0.1, 0.15) is 16.5 Å². The Balaban J connectivity index is 2.50. The van der Waals surface area contributed by atoms with Crippen molar-refractivity contribution >= 4 is 33.2 Å². The molecule has 0 bridgehead atoms. The van der Waals surface area contributed by atoms with Crippen LogP contribution in [0.25, 0.3) is 5.65 Å². The zero-order valence-corrected chi connectivity index (χ0v) is 12.2. The Labute approximate surface area is 119 Å². The molecule has 0 aliphatic carbocycles. The van der Waals surface area contributed by atoms with Crippen LogP contribution in [0.3, 0.4) is 0 Å². The van der Waals surface area contributed by atoms with Gasteiger partial charge in [0, 0.05) is 7.05 Å². The average molecular weight is 319 g/mol. The molecule has 0 aromatic carbocycles. The molecule has 2 aromatic heterocycles. The summed E-state index contributed by atoms with van der Waals surface area (Å²) in [5, 5.41) is 13.0. The standard InChI is InChI=1S/C10H11ClN4O4S/c1-6-9(11)10-12-3-7(4-15(10)13-6)20(18,19)14(2)5-8(16)17/h3-4H,5H2,1-2H3,(H,16,17). The van der Waals surface area contributed by atoms with Crippen molar-refractivity contribution in [2.45, 2.75) is 11.8 Å². The monoisotopic (exact) mass is 318 g/mol. The summed E-state index contributed by atoms with van der Waals surface area (Å²) in [4.78, 5) is 14.4. The van der Waals surface area contributed by atoms with Gasteiger partial charge in [-0.25, -0.2) is 17.9 Å². The van der Waals surface area contributed by atoms with Crippen molar-refractivity contribution in [3.8, 4) is 0 Å². The molecule has 0 aliphatic heterocycles. The molecule has 0 amide bonds. The normalized spacial score (nSPS) is 12.2. The molecule has 8 nitrogen and oxygen atoms in total. The molecule has 108 valence electrons. The van der Waals surface area contributed by atoms with Crippen molar-refractivity contribution < 1.29 is 18.3 Å². The van der Waals surface area contributed by atoms with E-state index in [2.05, 4.69) is 10.1 Å². The van der Waals surface area contributed by atoms with E-state index in [9.17, 15) is 13.2 Å². The minimum atomic E-state index is -3.94. The molecule has 0 unspecified atom stereocenters. The first kappa shape index (κ1) is 14.7. The van der Waals surface area contributed by atoms with Gasteiger partial charge in [0.25, 0.3) is 0 Å². The summed E-state index contributed by atoms with van der Waals surface area (Å²) in [6.45, 7) is 1.03. The molecule has 0 aliphatic rings. The van der Waals surface area contributed by atoms with Gasteiger partial charge in [-0.05, 0) is 6.92 Å². The lowest BCUT2D eigenvalue weighted by atomic mass is 10.5. The van der Waals surface area contributed by atoms with Gasteiger partial charge in [-0.3, -0.25) is 4.79 Å². The van der Waals surface area contributed by atoms with Crippen molar-refractivity contribution in [3.05, 3.63) is 23.1 Å². The molecule has 2 rings (SSSR count). The third-order valence-electron chi connectivity index (χ3n) is 2.62. The fourth-order valence-electron chi connectivity index (χ4n) is 1.59. The Morgan fingerprint density at radius 1 is 1.55 bits per heavy atom. The highest BCUT2D eigenvalue weighted by molar-refractivity contribution is 7.89. The predicted molar refractivity (Wildman–Crippen MR) is 70.2 cm³/mol. The Morgan fingerprint density at radius 2 is 2.20 bits per heavy atom. The fraction of sp³-hybridized carbons (Fsp3) is 0.300. The van der Waals surface area contributed by atoms with Gasteiger partial charge >= 0.3 is 5.97 Å². The minimum Gasteiger partial charge on any atom is -0.480 e. The number of sulfonamides is 1. The maximum Gasteiger partial charge on any atom is 0.318 e. The van der Waals surface area contributed by atoms with Gasteiger partial charge in [-0.2, -0.15) is 9.40 Å². The zero-order chi connectivity index (χ0) is 15.1. The van der Waals surface area contributed by atoms with E-state index in [4.69, 9.17) is 16.7 Å². The van der Waals surface area contributed by atoms with Crippen LogP contribution < -0.4 is 0 Å². The number of likely N-dealkylation sites (N-methyl/N-ethyl adjacent to an activating group) is 1. The second-order valence-corrected chi connectivity index (χ2v) is 6.53. The zero-order valence-electron chi connectivity index (χ0n) is 10.6. The number of aryl methyl sites for hydroxylation is 1. The fourth-order valence-corrected chi connectivity index (χ4v) is 2.82. The number of fused-ring (bicyclic) bond motifs is 1. The van der Waals surface area contributed by atoms with E-state index in [-0.39, 0.29) is 4.90 Å². The number of hydrogen-bond acceptors (Lipinski definition) is 5. The largest absolute Gasteiger partial charge is 0.480 e. The molecular weight excluding hydrogens is 308 g/mol. The molecule has 0 saturated carbocycles. The SMILES string of the molecule is Cc1nn2cc(S(=O)(=O)N(C)CC(=O)O)cnc2c1Cl. The number of aromatic nitrogens is 3. The van der Waals surface area contributed by atoms with Gasteiger partial charge < -0.3 is 5.11 Å². The highest BCUT2D eigenvalue weighted by atomic mass is 35.5. The predicted octanol–water partition coefficient (Wildman–Crippen LogP) is 0.396. The van der Waals surface area contributed by atoms with E-state index in [0.29, 0.717) is 16.4 Å². The van der Waals surface area contributed by atoms with Gasteiger partial charge in [-0.15, -0.1) is 0 Å². The maximum absolute atomic E-state index is 12.2. The third kappa shape index (κ3) is 2.47. The van der Waals surface area contributed by atoms with Crippen molar-refractivity contribution in [1.82, 2.24) is 18.9 Å². The smallest absolute Gasteiger partial charge is 0.318 e. The van der Waals surface area contributed by atoms with E-state index in [0.717, 1.165) is 10.5 Å². The molecule has 2 aromatic rings. The van der Waals surface area contributed by atoms with Crippen LogP contribution in [0.2, 0.25) is 5.02 Å². The quantitative estimate of drug-likeness (QED) is 0.874. The lowest BCUT2D eigenvalue weighted by molar-refractivity contribution is -0.137. The lowest BCUT2D eigenvalue weighted by Gasteiger charge is -2.14. The molecular formula is C10H11ClN4O4S. The van der Waals surface area contributed by atoms with Crippen LogP contribution in [-0.4, -0.2) is 52.0 Å². The van der Waals surface area contributed by atoms with Crippen LogP contribution in [0, 0.1) is 6.92 Å². The van der Waals surface area contributed by atoms with E-state index in [1.165, 1.54) is 17.8 Å². The van der Waals surface area contributed by atoms with Crippen LogP contribution in [0.5, 0.6) is 0 Å². The van der Waals surface area contributed by atoms with E-state index in [1.54, 1.807) is 6.92 Å². The van der Waals surface area contributed by atoms with Crippen LogP contribution in [0.4, 0.5) is 0 Å². The molecule has 0 spiro atoms. The van der Waals surface area contributed by atoms with E-state index >= 15 is 0 Å². The highest BCUT2D eigenvalue weighted by Gasteiger charge is 2.24. The number of aliphatic carboxylic acids is 1. The Hall–Kier alpha value is -1.71. The second-order valence-electron chi connectivity index (χ2n) is 4.11. The number of carboxylic acid groups (broad SMARTS) is 1. The van der Waals surface area contributed by atoms with Gasteiger partial charge in [-0.1, -0.05) is 11.6 Å². The van der Waals surface area contributed by atoms with Crippen LogP contribution in [-0.2, 0) is 14.8 Å². The first-order valence-corrected chi connectivity index (χ1v) is 7.24. The Morgan fingerprint density at radius 3 is 2.80 bits per heavy atom. The van der Waals surface area contributed by atoms with Crippen LogP contribution in [0.1, 0.15) is 5.69 Å². The number of carbonyl (C=O) groups is 1. The lowest BCUT2D eigenvalue weighted by Crippen LogP contribution is -2.32. The summed E-state index contributed by atoms with van der Waals surface area (Å²) in [6, 6.07) is 0. The van der Waals surface area contributed by atoms with Crippen LogP contribution in [0.15, 0.2) is 17.3 Å². The van der Waals surface area contributed by atoms with Crippen LogP contribution >= 0.6 is 11.6 Å². The summed E-state index contributed by atoms with van der Waals surface area (Å²) in [6.07, 6.45) is 2.37. The number of halogens is 1. The molecule has 0 fully saturated rings. The van der Waals surface area contributed by atoms with Crippen molar-refractivity contribution in [2.75, 3.05) is 13.6 Å². The summed E-state index contributed by atoms with van der Waals surface area (Å²) >= 11 is 5.96. The van der Waals surface area contributed by atoms with Crippen molar-refractivity contribution in [2.24, 2.45) is 0 Å². The summed E-state index contributed by atoms with van der Waals surface area (Å²) in [5.41, 5.74) is 0.858. The number of carboxylic acids is 1. The van der Waals surface area contributed by atoms with Crippen molar-refractivity contribution in [1.29, 1.82) is 0 Å². The summed E-state index contributed by atoms with van der Waals surface area (Å²) in [7, 11) is -2.77. The molecule has 0 atom stereocenters. The van der Waals surface area contributed by atoms with E-state index < -0.39 is 22.5 Å². The second kappa shape index (κ2) is 5.00. The number of rotatable bonds is 4.